The van der Waals surface area contributed by atoms with Crippen LogP contribution in [0.4, 0.5) is 10.3 Å². The number of morpholine rings is 1. The molecule has 1 saturated heterocycles. The summed E-state index contributed by atoms with van der Waals surface area (Å²) < 4.78 is 20.5. The van der Waals surface area contributed by atoms with E-state index in [0.717, 1.165) is 42.6 Å². The molecule has 4 rings (SSSR count). The topological polar surface area (TPSA) is 72.3 Å². The molecule has 1 aliphatic carbocycles. The van der Waals surface area contributed by atoms with Crippen LogP contribution >= 0.6 is 11.8 Å². The minimum absolute atomic E-state index is 0.0809. The highest BCUT2D eigenvalue weighted by Gasteiger charge is 2.32. The zero-order valence-electron chi connectivity index (χ0n) is 14.9. The van der Waals surface area contributed by atoms with Crippen LogP contribution in [0.25, 0.3) is 0 Å². The highest BCUT2D eigenvalue weighted by atomic mass is 32.2. The number of rotatable bonds is 7. The minimum atomic E-state index is -0.281. The van der Waals surface area contributed by atoms with Crippen LogP contribution in [-0.2, 0) is 16.1 Å². The Morgan fingerprint density at radius 3 is 2.67 bits per heavy atom. The molecule has 1 aromatic heterocycles. The number of aromatic nitrogens is 3. The number of nitrogens with one attached hydrogen (secondary N) is 1. The smallest absolute Gasteiger partial charge is 0.230 e. The number of hydrogen-bond acceptors (Lipinski definition) is 6. The summed E-state index contributed by atoms with van der Waals surface area (Å²) in [4.78, 5) is 14.4. The van der Waals surface area contributed by atoms with Gasteiger partial charge in [0.1, 0.15) is 5.82 Å². The number of halogens is 1. The third kappa shape index (κ3) is 4.59. The molecule has 9 heteroatoms. The first kappa shape index (κ1) is 18.2. The molecule has 144 valence electrons. The molecule has 2 aromatic rings. The fourth-order valence-corrected chi connectivity index (χ4v) is 3.81. The average molecular weight is 391 g/mol. The van der Waals surface area contributed by atoms with Crippen molar-refractivity contribution in [2.75, 3.05) is 37.0 Å². The second-order valence-corrected chi connectivity index (χ2v) is 7.62. The zero-order chi connectivity index (χ0) is 18.6. The summed E-state index contributed by atoms with van der Waals surface area (Å²) in [6, 6.07) is 6.55. The Bertz CT molecular complexity index is 788. The Morgan fingerprint density at radius 1 is 1.22 bits per heavy atom. The van der Waals surface area contributed by atoms with E-state index < -0.39 is 0 Å². The number of thioether (sulfide) groups is 1. The molecular formula is C18H22FN5O2S. The largest absolute Gasteiger partial charge is 0.378 e. The molecule has 0 atom stereocenters. The van der Waals surface area contributed by atoms with Crippen LogP contribution in [0.1, 0.15) is 24.4 Å². The summed E-state index contributed by atoms with van der Waals surface area (Å²) in [7, 11) is 0. The van der Waals surface area contributed by atoms with Gasteiger partial charge in [-0.05, 0) is 30.5 Å². The molecule has 2 aliphatic rings. The number of benzene rings is 1. The van der Waals surface area contributed by atoms with Gasteiger partial charge < -0.3 is 15.0 Å². The van der Waals surface area contributed by atoms with E-state index in [1.54, 1.807) is 12.1 Å². The highest BCUT2D eigenvalue weighted by Crippen LogP contribution is 2.41. The van der Waals surface area contributed by atoms with Crippen molar-refractivity contribution in [2.45, 2.75) is 30.6 Å². The fourth-order valence-electron chi connectivity index (χ4n) is 2.98. The Kier molecular flexibility index (Phi) is 5.58. The zero-order valence-corrected chi connectivity index (χ0v) is 15.8. The number of hydrogen-bond donors (Lipinski definition) is 1. The molecule has 1 aromatic carbocycles. The molecule has 1 saturated carbocycles. The molecule has 1 aliphatic heterocycles. The lowest BCUT2D eigenvalue weighted by Gasteiger charge is -2.27. The lowest BCUT2D eigenvalue weighted by atomic mass is 10.2. The third-order valence-electron chi connectivity index (χ3n) is 4.59. The van der Waals surface area contributed by atoms with Gasteiger partial charge in [0.25, 0.3) is 0 Å². The van der Waals surface area contributed by atoms with Gasteiger partial charge in [-0.1, -0.05) is 23.9 Å². The molecule has 2 heterocycles. The molecule has 27 heavy (non-hydrogen) atoms. The van der Waals surface area contributed by atoms with Gasteiger partial charge in [-0.2, -0.15) is 0 Å². The summed E-state index contributed by atoms with van der Waals surface area (Å²) >= 11 is 1.41. The van der Waals surface area contributed by atoms with Crippen LogP contribution < -0.4 is 10.2 Å². The average Bonchev–Trinajstić information content (AvgIpc) is 3.45. The predicted octanol–water partition coefficient (Wildman–Crippen LogP) is 2.00. The maximum Gasteiger partial charge on any atom is 0.230 e. The molecule has 1 amide bonds. The van der Waals surface area contributed by atoms with Crippen molar-refractivity contribution in [3.8, 4) is 0 Å². The van der Waals surface area contributed by atoms with Crippen molar-refractivity contribution in [2.24, 2.45) is 0 Å². The van der Waals surface area contributed by atoms with Crippen molar-refractivity contribution in [1.29, 1.82) is 0 Å². The van der Waals surface area contributed by atoms with E-state index in [2.05, 4.69) is 25.0 Å². The van der Waals surface area contributed by atoms with Gasteiger partial charge in [0.05, 0.1) is 19.0 Å². The standard InChI is InChI=1S/C18H22FN5O2S/c19-14-3-1-13(2-4-14)11-20-16(25)12-27-18-22-21-17(24(18)15-5-6-15)23-7-9-26-10-8-23/h1-4,15H,5-12H2,(H,20,25). The number of amides is 1. The number of anilines is 1. The Hall–Kier alpha value is -2.13. The molecule has 2 fully saturated rings. The molecule has 0 unspecified atom stereocenters. The number of ether oxygens (including phenoxy) is 1. The first-order chi connectivity index (χ1) is 13.2. The molecule has 1 N–H and O–H groups in total. The van der Waals surface area contributed by atoms with E-state index in [9.17, 15) is 9.18 Å². The minimum Gasteiger partial charge on any atom is -0.378 e. The first-order valence-electron chi connectivity index (χ1n) is 9.12. The van der Waals surface area contributed by atoms with Crippen molar-refractivity contribution < 1.29 is 13.9 Å². The Morgan fingerprint density at radius 2 is 1.96 bits per heavy atom. The Labute approximate surface area is 161 Å². The molecular weight excluding hydrogens is 369 g/mol. The quantitative estimate of drug-likeness (QED) is 0.728. The maximum absolute atomic E-state index is 12.9. The summed E-state index contributed by atoms with van der Waals surface area (Å²) in [5, 5.41) is 12.3. The van der Waals surface area contributed by atoms with Crippen LogP contribution in [0.5, 0.6) is 0 Å². The molecule has 7 nitrogen and oxygen atoms in total. The summed E-state index contributed by atoms with van der Waals surface area (Å²) in [6.07, 6.45) is 2.25. The van der Waals surface area contributed by atoms with Crippen LogP contribution in [0, 0.1) is 5.82 Å². The van der Waals surface area contributed by atoms with Gasteiger partial charge in [-0.3, -0.25) is 9.36 Å². The summed E-state index contributed by atoms with van der Waals surface area (Å²) in [5.41, 5.74) is 0.866. The van der Waals surface area contributed by atoms with E-state index in [1.807, 2.05) is 0 Å². The summed E-state index contributed by atoms with van der Waals surface area (Å²) in [5.74, 6) is 0.795. The second kappa shape index (κ2) is 8.26. The monoisotopic (exact) mass is 391 g/mol. The molecule has 0 spiro atoms. The van der Waals surface area contributed by atoms with Gasteiger partial charge >= 0.3 is 0 Å². The maximum atomic E-state index is 12.9. The SMILES string of the molecule is O=C(CSc1nnc(N2CCOCC2)n1C1CC1)NCc1ccc(F)cc1. The first-order valence-corrected chi connectivity index (χ1v) is 10.1. The van der Waals surface area contributed by atoms with Crippen molar-refractivity contribution in [1.82, 2.24) is 20.1 Å². The van der Waals surface area contributed by atoms with Gasteiger partial charge in [0, 0.05) is 25.7 Å². The van der Waals surface area contributed by atoms with Crippen LogP contribution in [0.2, 0.25) is 0 Å². The normalized spacial score (nSPS) is 17.1. The lowest BCUT2D eigenvalue weighted by molar-refractivity contribution is -0.118. The number of carbonyl (C=O) groups excluding carboxylic acids is 1. The van der Waals surface area contributed by atoms with E-state index in [-0.39, 0.29) is 17.5 Å². The predicted molar refractivity (Wildman–Crippen MR) is 100 cm³/mol. The van der Waals surface area contributed by atoms with E-state index >= 15 is 0 Å². The summed E-state index contributed by atoms with van der Waals surface area (Å²) in [6.45, 7) is 3.41. The van der Waals surface area contributed by atoms with E-state index in [0.29, 0.717) is 25.8 Å². The third-order valence-corrected chi connectivity index (χ3v) is 5.53. The van der Waals surface area contributed by atoms with Gasteiger partial charge in [0.15, 0.2) is 5.16 Å². The van der Waals surface area contributed by atoms with Gasteiger partial charge in [-0.25, -0.2) is 4.39 Å². The van der Waals surface area contributed by atoms with E-state index in [1.165, 1.54) is 23.9 Å². The second-order valence-electron chi connectivity index (χ2n) is 6.68. The number of carbonyl (C=O) groups is 1. The van der Waals surface area contributed by atoms with Crippen molar-refractivity contribution >= 4 is 23.6 Å². The van der Waals surface area contributed by atoms with E-state index in [4.69, 9.17) is 4.74 Å². The fraction of sp³-hybridized carbons (Fsp3) is 0.500. The number of nitrogens with zero attached hydrogens (tertiary/aromatic N) is 4. The highest BCUT2D eigenvalue weighted by molar-refractivity contribution is 7.99. The van der Waals surface area contributed by atoms with Crippen LogP contribution in [-0.4, -0.2) is 52.7 Å². The lowest BCUT2D eigenvalue weighted by Crippen LogP contribution is -2.38. The molecule has 0 radical (unpaired) electrons. The van der Waals surface area contributed by atoms with Crippen molar-refractivity contribution in [3.63, 3.8) is 0 Å². The molecule has 0 bridgehead atoms. The van der Waals surface area contributed by atoms with Crippen LogP contribution in [0.15, 0.2) is 29.4 Å². The Balaban J connectivity index is 1.34. The van der Waals surface area contributed by atoms with Crippen molar-refractivity contribution in [3.05, 3.63) is 35.6 Å². The van der Waals surface area contributed by atoms with Gasteiger partial charge in [-0.15, -0.1) is 10.2 Å². The van der Waals surface area contributed by atoms with Crippen LogP contribution in [0.3, 0.4) is 0 Å². The van der Waals surface area contributed by atoms with Gasteiger partial charge in [0.2, 0.25) is 11.9 Å².